The molecule has 0 saturated carbocycles. The van der Waals surface area contributed by atoms with Crippen LogP contribution < -0.4 is 15.8 Å². The lowest BCUT2D eigenvalue weighted by atomic mass is 10.2. The number of benzene rings is 2. The molecule has 0 spiro atoms. The van der Waals surface area contributed by atoms with Crippen LogP contribution in [0.15, 0.2) is 48.5 Å². The van der Waals surface area contributed by atoms with E-state index in [1.165, 1.54) is 6.92 Å². The van der Waals surface area contributed by atoms with E-state index in [1.54, 1.807) is 18.2 Å². The van der Waals surface area contributed by atoms with E-state index < -0.39 is 0 Å². The van der Waals surface area contributed by atoms with Crippen molar-refractivity contribution in [1.29, 1.82) is 0 Å². The van der Waals surface area contributed by atoms with Gasteiger partial charge in [-0.3, -0.25) is 4.79 Å². The maximum atomic E-state index is 11.0. The van der Waals surface area contributed by atoms with Crippen molar-refractivity contribution in [2.45, 2.75) is 6.92 Å². The lowest BCUT2D eigenvalue weighted by Crippen LogP contribution is -2.08. The van der Waals surface area contributed by atoms with Crippen LogP contribution in [0.5, 0.6) is 11.5 Å². The van der Waals surface area contributed by atoms with Gasteiger partial charge in [0.25, 0.3) is 0 Å². The van der Waals surface area contributed by atoms with E-state index in [9.17, 15) is 4.79 Å². The van der Waals surface area contributed by atoms with Gasteiger partial charge in [0, 0.05) is 13.0 Å². The summed E-state index contributed by atoms with van der Waals surface area (Å²) in [5, 5.41) is 2.66. The van der Waals surface area contributed by atoms with Gasteiger partial charge in [-0.2, -0.15) is 0 Å². The van der Waals surface area contributed by atoms with Gasteiger partial charge in [-0.15, -0.1) is 0 Å². The lowest BCUT2D eigenvalue weighted by molar-refractivity contribution is -0.114. The van der Waals surface area contributed by atoms with Crippen LogP contribution in [0.1, 0.15) is 6.92 Å². The van der Waals surface area contributed by atoms with Gasteiger partial charge in [0.15, 0.2) is 0 Å². The van der Waals surface area contributed by atoms with Gasteiger partial charge in [-0.25, -0.2) is 0 Å². The number of rotatable bonds is 3. The third-order valence-corrected chi connectivity index (χ3v) is 2.31. The highest BCUT2D eigenvalue weighted by Crippen LogP contribution is 2.28. The van der Waals surface area contributed by atoms with Crippen molar-refractivity contribution >= 4 is 17.3 Å². The summed E-state index contributed by atoms with van der Waals surface area (Å²) in [4.78, 5) is 11.0. The number of hydrogen-bond acceptors (Lipinski definition) is 3. The molecule has 2 aromatic carbocycles. The third kappa shape index (κ3) is 3.01. The summed E-state index contributed by atoms with van der Waals surface area (Å²) in [6.45, 7) is 1.43. The largest absolute Gasteiger partial charge is 0.457 e. The zero-order chi connectivity index (χ0) is 13.0. The minimum Gasteiger partial charge on any atom is -0.457 e. The molecule has 0 unspecified atom stereocenters. The Morgan fingerprint density at radius 2 is 1.83 bits per heavy atom. The van der Waals surface area contributed by atoms with E-state index in [4.69, 9.17) is 10.5 Å². The van der Waals surface area contributed by atoms with Gasteiger partial charge in [0.2, 0.25) is 5.91 Å². The van der Waals surface area contributed by atoms with Crippen LogP contribution in [0.4, 0.5) is 11.4 Å². The number of nitrogens with two attached hydrogens (primary N) is 1. The molecule has 4 nitrogen and oxygen atoms in total. The average Bonchev–Trinajstić information content (AvgIpc) is 2.34. The Hall–Kier alpha value is -2.49. The second-order valence-electron chi connectivity index (χ2n) is 3.85. The van der Waals surface area contributed by atoms with Crippen LogP contribution in [0.3, 0.4) is 0 Å². The smallest absolute Gasteiger partial charge is 0.221 e. The van der Waals surface area contributed by atoms with E-state index >= 15 is 0 Å². The summed E-state index contributed by atoms with van der Waals surface area (Å²) in [6.07, 6.45) is 0. The Bertz CT molecular complexity index is 553. The summed E-state index contributed by atoms with van der Waals surface area (Å²) >= 11 is 0. The van der Waals surface area contributed by atoms with Crippen molar-refractivity contribution < 1.29 is 9.53 Å². The molecule has 92 valence electrons. The van der Waals surface area contributed by atoms with E-state index in [-0.39, 0.29) is 5.91 Å². The van der Waals surface area contributed by atoms with Crippen molar-refractivity contribution in [3.05, 3.63) is 48.5 Å². The van der Waals surface area contributed by atoms with Crippen LogP contribution >= 0.6 is 0 Å². The number of carbonyl (C=O) groups excluding carboxylic acids is 1. The second-order valence-corrected chi connectivity index (χ2v) is 3.85. The molecule has 0 aliphatic heterocycles. The first-order chi connectivity index (χ1) is 8.65. The number of anilines is 2. The third-order valence-electron chi connectivity index (χ3n) is 2.31. The van der Waals surface area contributed by atoms with Gasteiger partial charge in [-0.1, -0.05) is 18.2 Å². The zero-order valence-electron chi connectivity index (χ0n) is 10.0. The van der Waals surface area contributed by atoms with E-state index in [2.05, 4.69) is 5.32 Å². The second kappa shape index (κ2) is 5.23. The van der Waals surface area contributed by atoms with Crippen molar-refractivity contribution in [2.24, 2.45) is 0 Å². The summed E-state index contributed by atoms with van der Waals surface area (Å²) in [6, 6.07) is 14.6. The maximum absolute atomic E-state index is 11.0. The van der Waals surface area contributed by atoms with Crippen LogP contribution in [-0.4, -0.2) is 5.91 Å². The molecule has 4 heteroatoms. The van der Waals surface area contributed by atoms with Gasteiger partial charge < -0.3 is 15.8 Å². The Morgan fingerprint density at radius 1 is 1.11 bits per heavy atom. The predicted molar refractivity (Wildman–Crippen MR) is 71.7 cm³/mol. The molecule has 1 amide bonds. The molecule has 2 rings (SSSR count). The minimum absolute atomic E-state index is 0.168. The van der Waals surface area contributed by atoms with E-state index in [0.717, 1.165) is 5.75 Å². The summed E-state index contributed by atoms with van der Waals surface area (Å²) in [7, 11) is 0. The zero-order valence-corrected chi connectivity index (χ0v) is 10.0. The Kier molecular flexibility index (Phi) is 3.48. The average molecular weight is 242 g/mol. The quantitative estimate of drug-likeness (QED) is 0.813. The standard InChI is InChI=1S/C14H14N2O2/c1-10(17)16-14-9-12(7-8-13(14)15)18-11-5-3-2-4-6-11/h2-9H,15H2,1H3,(H,16,17). The first-order valence-corrected chi connectivity index (χ1v) is 5.55. The summed E-state index contributed by atoms with van der Waals surface area (Å²) < 4.78 is 5.65. The molecule has 0 bridgehead atoms. The highest BCUT2D eigenvalue weighted by molar-refractivity contribution is 5.92. The Balaban J connectivity index is 2.22. The van der Waals surface area contributed by atoms with Crippen molar-refractivity contribution in [3.63, 3.8) is 0 Å². The highest BCUT2D eigenvalue weighted by atomic mass is 16.5. The predicted octanol–water partition coefficient (Wildman–Crippen LogP) is 3.02. The number of nitrogen functional groups attached to an aromatic ring is 1. The van der Waals surface area contributed by atoms with E-state index in [1.807, 2.05) is 30.3 Å². The number of nitrogens with one attached hydrogen (secondary N) is 1. The molecule has 0 saturated heterocycles. The summed E-state index contributed by atoms with van der Waals surface area (Å²) in [5.74, 6) is 1.19. The van der Waals surface area contributed by atoms with Crippen molar-refractivity contribution in [1.82, 2.24) is 0 Å². The molecule has 18 heavy (non-hydrogen) atoms. The molecular weight excluding hydrogens is 228 g/mol. The maximum Gasteiger partial charge on any atom is 0.221 e. The fourth-order valence-corrected chi connectivity index (χ4v) is 1.52. The monoisotopic (exact) mass is 242 g/mol. The molecule has 0 aliphatic rings. The van der Waals surface area contributed by atoms with Crippen LogP contribution in [0, 0.1) is 0 Å². The fraction of sp³-hybridized carbons (Fsp3) is 0.0714. The molecule has 2 aromatic rings. The summed E-state index contributed by atoms with van der Waals surface area (Å²) in [5.41, 5.74) is 6.82. The Morgan fingerprint density at radius 3 is 2.50 bits per heavy atom. The van der Waals surface area contributed by atoms with Crippen molar-refractivity contribution in [3.8, 4) is 11.5 Å². The van der Waals surface area contributed by atoms with Gasteiger partial charge in [0.05, 0.1) is 11.4 Å². The molecular formula is C14H14N2O2. The lowest BCUT2D eigenvalue weighted by Gasteiger charge is -2.10. The van der Waals surface area contributed by atoms with Crippen LogP contribution in [-0.2, 0) is 4.79 Å². The van der Waals surface area contributed by atoms with Crippen LogP contribution in [0.2, 0.25) is 0 Å². The topological polar surface area (TPSA) is 64.3 Å². The minimum atomic E-state index is -0.168. The molecule has 0 heterocycles. The fourth-order valence-electron chi connectivity index (χ4n) is 1.52. The molecule has 0 fully saturated rings. The van der Waals surface area contributed by atoms with E-state index in [0.29, 0.717) is 17.1 Å². The van der Waals surface area contributed by atoms with Gasteiger partial charge in [0.1, 0.15) is 11.5 Å². The first-order valence-electron chi connectivity index (χ1n) is 5.55. The number of amides is 1. The molecule has 0 aromatic heterocycles. The van der Waals surface area contributed by atoms with Gasteiger partial charge >= 0.3 is 0 Å². The molecule has 0 aliphatic carbocycles. The normalized spacial score (nSPS) is 9.83. The Labute approximate surface area is 105 Å². The molecule has 0 atom stereocenters. The number of ether oxygens (including phenoxy) is 1. The first kappa shape index (κ1) is 12.0. The number of hydrogen-bond donors (Lipinski definition) is 2. The van der Waals surface area contributed by atoms with Crippen LogP contribution in [0.25, 0.3) is 0 Å². The SMILES string of the molecule is CC(=O)Nc1cc(Oc2ccccc2)ccc1N. The molecule has 0 radical (unpaired) electrons. The number of para-hydroxylation sites is 1. The number of carbonyl (C=O) groups is 1. The van der Waals surface area contributed by atoms with Crippen molar-refractivity contribution in [2.75, 3.05) is 11.1 Å². The molecule has 3 N–H and O–H groups in total. The highest BCUT2D eigenvalue weighted by Gasteiger charge is 2.04. The van der Waals surface area contributed by atoms with Gasteiger partial charge in [-0.05, 0) is 24.3 Å².